The molecular formula is C6H11N3O. The maximum Gasteiger partial charge on any atom is 0.0819 e. The maximum atomic E-state index is 8.93. The topological polar surface area (TPSA) is 48.2 Å². The molecule has 56 valence electrons. The van der Waals surface area contributed by atoms with Gasteiger partial charge in [0.25, 0.3) is 0 Å². The third-order valence-electron chi connectivity index (χ3n) is 1.09. The number of nitrogens with zero attached hydrogens (tertiary/aromatic N) is 3. The first kappa shape index (κ1) is 7.21. The molecule has 1 aliphatic heterocycles. The van der Waals surface area contributed by atoms with Crippen LogP contribution in [0, 0.1) is 0 Å². The zero-order valence-electron chi connectivity index (χ0n) is 5.94. The summed E-state index contributed by atoms with van der Waals surface area (Å²) in [6, 6.07) is 0. The van der Waals surface area contributed by atoms with Crippen molar-refractivity contribution >= 4 is 0 Å². The van der Waals surface area contributed by atoms with Gasteiger partial charge in [0.2, 0.25) is 0 Å². The van der Waals surface area contributed by atoms with Gasteiger partial charge in [-0.2, -0.15) is 5.11 Å². The summed E-state index contributed by atoms with van der Waals surface area (Å²) >= 11 is 0. The fourth-order valence-corrected chi connectivity index (χ4v) is 0.732. The Labute approximate surface area is 59.8 Å². The maximum absolute atomic E-state index is 8.93. The molecule has 0 aliphatic carbocycles. The van der Waals surface area contributed by atoms with Gasteiger partial charge >= 0.3 is 0 Å². The van der Waals surface area contributed by atoms with Gasteiger partial charge in [-0.1, -0.05) is 5.22 Å². The fourth-order valence-electron chi connectivity index (χ4n) is 0.732. The average Bonchev–Trinajstić information content (AvgIpc) is 1.88. The minimum Gasteiger partial charge on any atom is -0.391 e. The van der Waals surface area contributed by atoms with E-state index in [0.717, 1.165) is 0 Å². The predicted octanol–water partition coefficient (Wildman–Crippen LogP) is 0.564. The molecule has 4 nitrogen and oxygen atoms in total. The molecule has 1 unspecified atom stereocenters. The van der Waals surface area contributed by atoms with E-state index in [1.807, 2.05) is 12.3 Å². The van der Waals surface area contributed by atoms with Crippen LogP contribution in [-0.2, 0) is 0 Å². The zero-order valence-corrected chi connectivity index (χ0v) is 5.94. The van der Waals surface area contributed by atoms with Crippen LogP contribution in [0.1, 0.15) is 6.92 Å². The van der Waals surface area contributed by atoms with Crippen LogP contribution in [0.2, 0.25) is 0 Å². The van der Waals surface area contributed by atoms with Gasteiger partial charge in [-0.15, -0.1) is 0 Å². The third kappa shape index (κ3) is 2.14. The standard InChI is InChI=1S/C6H11N3O/c1-6(10)5-9-4-2-3-7-8-9/h2,4,6,10H,3,5H2,1H3. The lowest BCUT2D eigenvalue weighted by atomic mass is 10.4. The normalized spacial score (nSPS) is 19.6. The molecule has 0 aromatic heterocycles. The molecule has 1 heterocycles. The first-order valence-electron chi connectivity index (χ1n) is 3.28. The lowest BCUT2D eigenvalue weighted by molar-refractivity contribution is 0.147. The highest BCUT2D eigenvalue weighted by atomic mass is 16.3. The Kier molecular flexibility index (Phi) is 2.39. The SMILES string of the molecule is CC(O)CN1C=CCN=N1. The first-order chi connectivity index (χ1) is 4.79. The molecule has 0 amide bonds. The molecule has 1 atom stereocenters. The molecule has 1 rings (SSSR count). The Hall–Kier alpha value is -0.900. The third-order valence-corrected chi connectivity index (χ3v) is 1.09. The van der Waals surface area contributed by atoms with Crippen molar-refractivity contribution in [2.75, 3.05) is 13.1 Å². The number of hydrogen-bond acceptors (Lipinski definition) is 4. The summed E-state index contributed by atoms with van der Waals surface area (Å²) in [5, 5.41) is 18.1. The van der Waals surface area contributed by atoms with E-state index >= 15 is 0 Å². The summed E-state index contributed by atoms with van der Waals surface area (Å²) in [5.41, 5.74) is 0. The monoisotopic (exact) mass is 141 g/mol. The quantitative estimate of drug-likeness (QED) is 0.611. The number of hydrogen-bond donors (Lipinski definition) is 1. The summed E-state index contributed by atoms with van der Waals surface area (Å²) in [6.07, 6.45) is 3.36. The Morgan fingerprint density at radius 2 is 2.60 bits per heavy atom. The van der Waals surface area contributed by atoms with Gasteiger partial charge in [-0.3, -0.25) is 5.01 Å². The molecule has 4 heteroatoms. The summed E-state index contributed by atoms with van der Waals surface area (Å²) in [7, 11) is 0. The van der Waals surface area contributed by atoms with Crippen LogP contribution >= 0.6 is 0 Å². The van der Waals surface area contributed by atoms with Gasteiger partial charge in [-0.05, 0) is 13.0 Å². The molecule has 0 saturated carbocycles. The largest absolute Gasteiger partial charge is 0.391 e. The van der Waals surface area contributed by atoms with Crippen LogP contribution in [0.5, 0.6) is 0 Å². The molecule has 0 aromatic carbocycles. The molecule has 0 spiro atoms. The molecule has 1 aliphatic rings. The van der Waals surface area contributed by atoms with E-state index in [2.05, 4.69) is 10.3 Å². The molecule has 0 fully saturated rings. The molecule has 0 bridgehead atoms. The van der Waals surface area contributed by atoms with Gasteiger partial charge < -0.3 is 5.11 Å². The van der Waals surface area contributed by atoms with Crippen LogP contribution in [0.25, 0.3) is 0 Å². The van der Waals surface area contributed by atoms with Crippen molar-refractivity contribution in [3.8, 4) is 0 Å². The van der Waals surface area contributed by atoms with Gasteiger partial charge in [-0.25, -0.2) is 0 Å². The van der Waals surface area contributed by atoms with Crippen LogP contribution in [-0.4, -0.2) is 29.3 Å². The molecule has 10 heavy (non-hydrogen) atoms. The summed E-state index contributed by atoms with van der Waals surface area (Å²) in [4.78, 5) is 0. The predicted molar refractivity (Wildman–Crippen MR) is 37.2 cm³/mol. The van der Waals surface area contributed by atoms with E-state index in [-0.39, 0.29) is 6.10 Å². The second-order valence-electron chi connectivity index (χ2n) is 2.27. The zero-order chi connectivity index (χ0) is 7.40. The second-order valence-corrected chi connectivity index (χ2v) is 2.27. The van der Waals surface area contributed by atoms with E-state index in [0.29, 0.717) is 13.1 Å². The molecule has 0 saturated heterocycles. The van der Waals surface area contributed by atoms with Gasteiger partial charge in [0, 0.05) is 6.20 Å². The van der Waals surface area contributed by atoms with Crippen molar-refractivity contribution in [2.45, 2.75) is 13.0 Å². The number of β-amino-alcohol motifs (C(OH)–C–C–N with tert-alkyl or cyclic N) is 1. The first-order valence-corrected chi connectivity index (χ1v) is 3.28. The van der Waals surface area contributed by atoms with Crippen LogP contribution in [0.3, 0.4) is 0 Å². The second kappa shape index (κ2) is 3.31. The van der Waals surface area contributed by atoms with E-state index < -0.39 is 0 Å². The number of aliphatic hydroxyl groups excluding tert-OH is 1. The van der Waals surface area contributed by atoms with E-state index in [1.54, 1.807) is 11.9 Å². The minimum absolute atomic E-state index is 0.360. The summed E-state index contributed by atoms with van der Waals surface area (Å²) in [6.45, 7) is 2.88. The molecule has 1 N–H and O–H groups in total. The van der Waals surface area contributed by atoms with Gasteiger partial charge in [0.1, 0.15) is 0 Å². The van der Waals surface area contributed by atoms with Crippen LogP contribution in [0.15, 0.2) is 22.6 Å². The van der Waals surface area contributed by atoms with Crippen molar-refractivity contribution in [1.82, 2.24) is 5.01 Å². The molecule has 0 radical (unpaired) electrons. The Morgan fingerprint density at radius 1 is 1.80 bits per heavy atom. The van der Waals surface area contributed by atoms with Gasteiger partial charge in [0.15, 0.2) is 0 Å². The summed E-state index contributed by atoms with van der Waals surface area (Å²) in [5.74, 6) is 0. The average molecular weight is 141 g/mol. The van der Waals surface area contributed by atoms with E-state index in [4.69, 9.17) is 5.11 Å². The van der Waals surface area contributed by atoms with Crippen molar-refractivity contribution < 1.29 is 5.11 Å². The number of aliphatic hydroxyl groups is 1. The Morgan fingerprint density at radius 3 is 3.10 bits per heavy atom. The van der Waals surface area contributed by atoms with Crippen molar-refractivity contribution in [2.24, 2.45) is 10.3 Å². The van der Waals surface area contributed by atoms with Gasteiger partial charge in [0.05, 0.1) is 19.2 Å². The number of rotatable bonds is 2. The Balaban J connectivity index is 2.33. The highest BCUT2D eigenvalue weighted by molar-refractivity contribution is 4.85. The molecular weight excluding hydrogens is 130 g/mol. The van der Waals surface area contributed by atoms with E-state index in [1.165, 1.54) is 0 Å². The van der Waals surface area contributed by atoms with Crippen LogP contribution in [0.4, 0.5) is 0 Å². The minimum atomic E-state index is -0.360. The van der Waals surface area contributed by atoms with Crippen molar-refractivity contribution in [1.29, 1.82) is 0 Å². The van der Waals surface area contributed by atoms with E-state index in [9.17, 15) is 0 Å². The Bertz CT molecular complexity index is 141. The van der Waals surface area contributed by atoms with Crippen molar-refractivity contribution in [3.05, 3.63) is 12.3 Å². The van der Waals surface area contributed by atoms with Crippen molar-refractivity contribution in [3.63, 3.8) is 0 Å². The fraction of sp³-hybridized carbons (Fsp3) is 0.667. The lowest BCUT2D eigenvalue weighted by Crippen LogP contribution is -2.22. The van der Waals surface area contributed by atoms with Crippen LogP contribution < -0.4 is 0 Å². The highest BCUT2D eigenvalue weighted by Gasteiger charge is 2.02. The lowest BCUT2D eigenvalue weighted by Gasteiger charge is -2.15. The molecule has 0 aromatic rings. The highest BCUT2D eigenvalue weighted by Crippen LogP contribution is 1.99. The summed E-state index contributed by atoms with van der Waals surface area (Å²) < 4.78 is 0. The smallest absolute Gasteiger partial charge is 0.0819 e.